The Morgan fingerprint density at radius 2 is 1.43 bits per heavy atom. The molecule has 0 aliphatic carbocycles. The van der Waals surface area contributed by atoms with Crippen LogP contribution in [0.1, 0.15) is 34.3 Å². The molecule has 0 heterocycles. The van der Waals surface area contributed by atoms with Crippen LogP contribution >= 0.6 is 0 Å². The molecule has 0 aromatic heterocycles. The highest BCUT2D eigenvalue weighted by atomic mass is 17.2. The Morgan fingerprint density at radius 1 is 0.786 bits per heavy atom. The first-order valence-electron chi connectivity index (χ1n) is 13.5. The maximum Gasteiger partial charge on any atom is 0.343 e. The second-order valence-corrected chi connectivity index (χ2v) is 8.97. The Bertz CT molecular complexity index is 1280. The molecule has 222 valence electrons. The third-order valence-corrected chi connectivity index (χ3v) is 5.65. The zero-order chi connectivity index (χ0) is 30.0. The second-order valence-electron chi connectivity index (χ2n) is 8.97. The van der Waals surface area contributed by atoms with Gasteiger partial charge in [-0.05, 0) is 72.6 Å². The van der Waals surface area contributed by atoms with Crippen LogP contribution in [0.4, 0.5) is 0 Å². The number of carbonyl (C=O) groups excluding carboxylic acids is 2. The third-order valence-electron chi connectivity index (χ3n) is 5.65. The van der Waals surface area contributed by atoms with Gasteiger partial charge in [-0.1, -0.05) is 24.8 Å². The molecule has 0 unspecified atom stereocenters. The summed E-state index contributed by atoms with van der Waals surface area (Å²) < 4.78 is 27.0. The van der Waals surface area contributed by atoms with Crippen LogP contribution in [-0.2, 0) is 25.8 Å². The van der Waals surface area contributed by atoms with E-state index in [0.29, 0.717) is 55.7 Å². The molecule has 0 aliphatic heterocycles. The lowest BCUT2D eigenvalue weighted by Crippen LogP contribution is -2.09. The molecule has 42 heavy (non-hydrogen) atoms. The lowest BCUT2D eigenvalue weighted by molar-refractivity contribution is -0.218. The molecule has 9 heteroatoms. The Kier molecular flexibility index (Phi) is 13.6. The Morgan fingerprint density at radius 3 is 2.07 bits per heavy atom. The van der Waals surface area contributed by atoms with Crippen molar-refractivity contribution in [1.29, 1.82) is 0 Å². The molecular weight excluding hydrogens is 540 g/mol. The van der Waals surface area contributed by atoms with Crippen molar-refractivity contribution in [3.8, 4) is 23.0 Å². The molecule has 0 spiro atoms. The van der Waals surface area contributed by atoms with Crippen molar-refractivity contribution in [2.45, 2.75) is 26.4 Å². The van der Waals surface area contributed by atoms with Crippen molar-refractivity contribution in [3.05, 3.63) is 109 Å². The number of hydrogen-bond acceptors (Lipinski definition) is 9. The van der Waals surface area contributed by atoms with E-state index in [9.17, 15) is 9.59 Å². The molecule has 0 saturated carbocycles. The average Bonchev–Trinajstić information content (AvgIpc) is 3.00. The van der Waals surface area contributed by atoms with Gasteiger partial charge in [0.1, 0.15) is 23.9 Å². The monoisotopic (exact) mass is 576 g/mol. The third kappa shape index (κ3) is 11.5. The van der Waals surface area contributed by atoms with E-state index in [1.54, 1.807) is 48.5 Å². The molecule has 9 nitrogen and oxygen atoms in total. The lowest BCUT2D eigenvalue weighted by atomic mass is 10.2. The van der Waals surface area contributed by atoms with E-state index in [1.165, 1.54) is 0 Å². The summed E-state index contributed by atoms with van der Waals surface area (Å²) in [6, 6.07) is 19.2. The fourth-order valence-electron chi connectivity index (χ4n) is 3.47. The minimum absolute atomic E-state index is 0.239. The van der Waals surface area contributed by atoms with Gasteiger partial charge in [-0.2, -0.15) is 4.89 Å². The van der Waals surface area contributed by atoms with Crippen molar-refractivity contribution in [3.63, 3.8) is 0 Å². The van der Waals surface area contributed by atoms with E-state index in [2.05, 4.69) is 13.2 Å². The van der Waals surface area contributed by atoms with Crippen LogP contribution in [0.15, 0.2) is 92.0 Å². The fourth-order valence-corrected chi connectivity index (χ4v) is 3.47. The van der Waals surface area contributed by atoms with Crippen LogP contribution in [0.2, 0.25) is 0 Å². The molecule has 0 saturated heterocycles. The zero-order valence-corrected chi connectivity index (χ0v) is 23.8. The number of aryl methyl sites for hydroxylation is 1. The fraction of sp³-hybridized carbons (Fsp3) is 0.273. The van der Waals surface area contributed by atoms with Gasteiger partial charge in [0.25, 0.3) is 0 Å². The van der Waals surface area contributed by atoms with Gasteiger partial charge in [0.15, 0.2) is 5.75 Å². The summed E-state index contributed by atoms with van der Waals surface area (Å²) in [5.41, 5.74) is 2.03. The molecule has 0 aliphatic rings. The van der Waals surface area contributed by atoms with Crippen molar-refractivity contribution < 1.29 is 43.0 Å². The number of esters is 2. The number of benzene rings is 3. The van der Waals surface area contributed by atoms with E-state index in [1.807, 2.05) is 31.2 Å². The average molecular weight is 577 g/mol. The summed E-state index contributed by atoms with van der Waals surface area (Å²) >= 11 is 0. The first-order valence-corrected chi connectivity index (χ1v) is 13.5. The maximum absolute atomic E-state index is 12.6. The van der Waals surface area contributed by atoms with Gasteiger partial charge in [-0.15, -0.1) is 6.58 Å². The molecular formula is C33H36O9. The predicted octanol–water partition coefficient (Wildman–Crippen LogP) is 6.19. The molecule has 0 fully saturated rings. The van der Waals surface area contributed by atoms with Crippen molar-refractivity contribution in [1.82, 2.24) is 0 Å². The number of rotatable bonds is 19. The van der Waals surface area contributed by atoms with Gasteiger partial charge in [0.05, 0.1) is 38.6 Å². The van der Waals surface area contributed by atoms with Gasteiger partial charge in [-0.25, -0.2) is 9.59 Å². The summed E-state index contributed by atoms with van der Waals surface area (Å²) in [6.07, 6.45) is 4.16. The van der Waals surface area contributed by atoms with Crippen molar-refractivity contribution in [2.24, 2.45) is 0 Å². The molecule has 0 atom stereocenters. The van der Waals surface area contributed by atoms with Gasteiger partial charge < -0.3 is 28.6 Å². The van der Waals surface area contributed by atoms with E-state index >= 15 is 0 Å². The first kappa shape index (κ1) is 31.9. The first-order chi connectivity index (χ1) is 20.5. The molecule has 3 aromatic rings. The summed E-state index contributed by atoms with van der Waals surface area (Å²) in [5, 5.41) is 0. The van der Waals surface area contributed by atoms with E-state index in [-0.39, 0.29) is 13.2 Å². The van der Waals surface area contributed by atoms with Crippen LogP contribution in [0, 0.1) is 6.92 Å². The van der Waals surface area contributed by atoms with Crippen LogP contribution in [0.25, 0.3) is 0 Å². The van der Waals surface area contributed by atoms with Gasteiger partial charge in [0, 0.05) is 18.9 Å². The molecule has 0 radical (unpaired) electrons. The number of carbonyl (C=O) groups is 2. The van der Waals surface area contributed by atoms with Gasteiger partial charge in [0.2, 0.25) is 0 Å². The quantitative estimate of drug-likeness (QED) is 0.0314. The smallest absolute Gasteiger partial charge is 0.343 e. The number of hydrogen-bond donors (Lipinski definition) is 0. The molecule has 0 bridgehead atoms. The predicted molar refractivity (Wildman–Crippen MR) is 157 cm³/mol. The van der Waals surface area contributed by atoms with Crippen molar-refractivity contribution in [2.75, 3.05) is 33.0 Å². The van der Waals surface area contributed by atoms with Crippen LogP contribution in [0.5, 0.6) is 23.0 Å². The van der Waals surface area contributed by atoms with E-state index < -0.39 is 11.9 Å². The highest BCUT2D eigenvalue weighted by molar-refractivity contribution is 5.91. The topological polar surface area (TPSA) is 98.8 Å². The molecule has 3 aromatic carbocycles. The van der Waals surface area contributed by atoms with Gasteiger partial charge in [-0.3, -0.25) is 0 Å². The zero-order valence-electron chi connectivity index (χ0n) is 23.8. The molecule has 3 rings (SSSR count). The molecule has 0 N–H and O–H groups in total. The van der Waals surface area contributed by atoms with Crippen LogP contribution < -0.4 is 19.1 Å². The van der Waals surface area contributed by atoms with Crippen LogP contribution in [-0.4, -0.2) is 45.0 Å². The lowest BCUT2D eigenvalue weighted by Gasteiger charge is -2.11. The Balaban J connectivity index is 1.37. The molecule has 0 amide bonds. The summed E-state index contributed by atoms with van der Waals surface area (Å²) in [6.45, 7) is 11.4. The van der Waals surface area contributed by atoms with Crippen molar-refractivity contribution >= 4 is 11.9 Å². The minimum Gasteiger partial charge on any atom is -0.494 e. The largest absolute Gasteiger partial charge is 0.494 e. The Hall–Kier alpha value is -4.60. The maximum atomic E-state index is 12.6. The highest BCUT2D eigenvalue weighted by Gasteiger charge is 2.11. The number of ether oxygens (including phenoxy) is 5. The SMILES string of the molecule is C=CCOCCCOc1ccc(COOc2ccc(OC(=O)c3ccc(OCCCOC(=O)C=C)cc3)cc2C)cc1. The van der Waals surface area contributed by atoms with Gasteiger partial charge >= 0.3 is 11.9 Å². The van der Waals surface area contributed by atoms with E-state index in [4.69, 9.17) is 33.5 Å². The summed E-state index contributed by atoms with van der Waals surface area (Å²) in [4.78, 5) is 34.5. The Labute approximate surface area is 246 Å². The summed E-state index contributed by atoms with van der Waals surface area (Å²) in [5.74, 6) is 1.27. The summed E-state index contributed by atoms with van der Waals surface area (Å²) in [7, 11) is 0. The highest BCUT2D eigenvalue weighted by Crippen LogP contribution is 2.25. The second kappa shape index (κ2) is 18.0. The van der Waals surface area contributed by atoms with Crippen LogP contribution in [0.3, 0.4) is 0 Å². The van der Waals surface area contributed by atoms with E-state index in [0.717, 1.165) is 29.4 Å². The minimum atomic E-state index is -0.504. The standard InChI is InChI=1S/C33H36O9/c1-4-18-36-19-6-20-37-28-12-8-26(9-13-28)24-40-42-31-17-16-30(23-25(31)3)41-33(35)27-10-14-29(15-11-27)38-21-7-22-39-32(34)5-2/h4-5,8-17,23H,1-2,6-7,18-22,24H2,3H3. The normalized spacial score (nSPS) is 10.4.